The summed E-state index contributed by atoms with van der Waals surface area (Å²) in [6, 6.07) is 2.53. The molecule has 2 heterocycles. The highest BCUT2D eigenvalue weighted by molar-refractivity contribution is 5.42. The molecule has 15 heavy (non-hydrogen) atoms. The van der Waals surface area contributed by atoms with Crippen molar-refractivity contribution in [2.24, 2.45) is 5.73 Å². The molecular formula is C11H20N4. The van der Waals surface area contributed by atoms with Crippen LogP contribution in [0.2, 0.25) is 0 Å². The number of aromatic nitrogens is 2. The van der Waals surface area contributed by atoms with Crippen LogP contribution in [0, 0.1) is 0 Å². The van der Waals surface area contributed by atoms with Gasteiger partial charge >= 0.3 is 0 Å². The lowest BCUT2D eigenvalue weighted by Crippen LogP contribution is -2.22. The first-order valence-corrected chi connectivity index (χ1v) is 5.76. The lowest BCUT2D eigenvalue weighted by atomic mass is 10.4. The highest BCUT2D eigenvalue weighted by Gasteiger charge is 2.19. The van der Waals surface area contributed by atoms with E-state index in [4.69, 9.17) is 5.73 Å². The maximum absolute atomic E-state index is 5.64. The van der Waals surface area contributed by atoms with Crippen molar-refractivity contribution >= 4 is 5.82 Å². The summed E-state index contributed by atoms with van der Waals surface area (Å²) in [6.07, 6.45) is 2.59. The van der Waals surface area contributed by atoms with Crippen molar-refractivity contribution < 1.29 is 0 Å². The Hall–Kier alpha value is -1.03. The maximum atomic E-state index is 5.64. The van der Waals surface area contributed by atoms with Gasteiger partial charge in [-0.1, -0.05) is 0 Å². The van der Waals surface area contributed by atoms with Gasteiger partial charge < -0.3 is 10.6 Å². The molecule has 0 atom stereocenters. The molecule has 1 aromatic rings. The van der Waals surface area contributed by atoms with Crippen molar-refractivity contribution in [1.29, 1.82) is 0 Å². The van der Waals surface area contributed by atoms with Crippen LogP contribution in [0.5, 0.6) is 0 Å². The molecule has 0 amide bonds. The zero-order valence-electron chi connectivity index (χ0n) is 9.61. The molecule has 1 aromatic heterocycles. The van der Waals surface area contributed by atoms with Crippen molar-refractivity contribution in [2.75, 3.05) is 18.0 Å². The van der Waals surface area contributed by atoms with Crippen LogP contribution >= 0.6 is 0 Å². The van der Waals surface area contributed by atoms with Gasteiger partial charge in [-0.3, -0.25) is 0 Å². The van der Waals surface area contributed by atoms with Gasteiger partial charge in [-0.2, -0.15) is 5.10 Å². The first-order valence-electron chi connectivity index (χ1n) is 5.76. The maximum Gasteiger partial charge on any atom is 0.127 e. The molecule has 0 bridgehead atoms. The average Bonchev–Trinajstić information content (AvgIpc) is 2.86. The van der Waals surface area contributed by atoms with E-state index in [-0.39, 0.29) is 0 Å². The van der Waals surface area contributed by atoms with E-state index < -0.39 is 0 Å². The van der Waals surface area contributed by atoms with Gasteiger partial charge in [-0.25, -0.2) is 4.68 Å². The molecule has 0 unspecified atom stereocenters. The van der Waals surface area contributed by atoms with Crippen LogP contribution in [-0.2, 0) is 6.54 Å². The number of nitrogens with two attached hydrogens (primary N) is 1. The lowest BCUT2D eigenvalue weighted by Gasteiger charge is -2.20. The first-order chi connectivity index (χ1) is 7.22. The second kappa shape index (κ2) is 4.23. The van der Waals surface area contributed by atoms with Crippen molar-refractivity contribution in [3.05, 3.63) is 11.8 Å². The molecule has 0 spiro atoms. The molecular weight excluding hydrogens is 188 g/mol. The molecule has 1 aliphatic rings. The Bertz CT molecular complexity index is 323. The molecule has 84 valence electrons. The molecule has 0 saturated carbocycles. The van der Waals surface area contributed by atoms with Crippen LogP contribution in [0.4, 0.5) is 5.82 Å². The minimum absolute atomic E-state index is 0.404. The standard InChI is InChI=1S/C11H20N4/c1-9(2)15-11(7-10(8-12)13-15)14-5-3-4-6-14/h7,9H,3-6,8,12H2,1-2H3. The molecule has 0 aromatic carbocycles. The summed E-state index contributed by atoms with van der Waals surface area (Å²) in [5.41, 5.74) is 6.63. The third kappa shape index (κ3) is 2.00. The van der Waals surface area contributed by atoms with Crippen molar-refractivity contribution in [2.45, 2.75) is 39.3 Å². The molecule has 0 aliphatic carbocycles. The fourth-order valence-electron chi connectivity index (χ4n) is 2.10. The van der Waals surface area contributed by atoms with Gasteiger partial charge in [0.1, 0.15) is 5.82 Å². The third-order valence-corrected chi connectivity index (χ3v) is 2.89. The summed E-state index contributed by atoms with van der Waals surface area (Å²) < 4.78 is 2.09. The van der Waals surface area contributed by atoms with Crippen LogP contribution in [0.3, 0.4) is 0 Å². The van der Waals surface area contributed by atoms with E-state index in [0.717, 1.165) is 18.8 Å². The first kappa shape index (κ1) is 10.5. The lowest BCUT2D eigenvalue weighted by molar-refractivity contribution is 0.524. The van der Waals surface area contributed by atoms with E-state index in [9.17, 15) is 0 Å². The van der Waals surface area contributed by atoms with Crippen LogP contribution in [0.25, 0.3) is 0 Å². The summed E-state index contributed by atoms with van der Waals surface area (Å²) in [5, 5.41) is 4.52. The largest absolute Gasteiger partial charge is 0.357 e. The van der Waals surface area contributed by atoms with E-state index in [2.05, 4.69) is 34.6 Å². The Morgan fingerprint density at radius 1 is 1.40 bits per heavy atom. The van der Waals surface area contributed by atoms with Gasteiger partial charge in [0.25, 0.3) is 0 Å². The second-order valence-electron chi connectivity index (χ2n) is 4.43. The van der Waals surface area contributed by atoms with E-state index in [0.29, 0.717) is 12.6 Å². The Labute approximate surface area is 91.1 Å². The number of anilines is 1. The fourth-order valence-corrected chi connectivity index (χ4v) is 2.10. The predicted molar refractivity (Wildman–Crippen MR) is 62.0 cm³/mol. The number of nitrogens with zero attached hydrogens (tertiary/aromatic N) is 3. The van der Waals surface area contributed by atoms with Gasteiger partial charge in [-0.05, 0) is 26.7 Å². The Kier molecular flexibility index (Phi) is 2.95. The summed E-state index contributed by atoms with van der Waals surface area (Å²) in [7, 11) is 0. The molecule has 2 rings (SSSR count). The van der Waals surface area contributed by atoms with Gasteiger partial charge in [0, 0.05) is 31.7 Å². The van der Waals surface area contributed by atoms with Gasteiger partial charge in [0.2, 0.25) is 0 Å². The molecule has 2 N–H and O–H groups in total. The average molecular weight is 208 g/mol. The Morgan fingerprint density at radius 3 is 2.60 bits per heavy atom. The Balaban J connectivity index is 2.30. The Morgan fingerprint density at radius 2 is 2.07 bits per heavy atom. The van der Waals surface area contributed by atoms with Gasteiger partial charge in [0.15, 0.2) is 0 Å². The summed E-state index contributed by atoms with van der Waals surface area (Å²) in [4.78, 5) is 2.41. The monoisotopic (exact) mass is 208 g/mol. The highest BCUT2D eigenvalue weighted by Crippen LogP contribution is 2.24. The zero-order chi connectivity index (χ0) is 10.8. The summed E-state index contributed by atoms with van der Waals surface area (Å²) >= 11 is 0. The molecule has 1 fully saturated rings. The van der Waals surface area contributed by atoms with Crippen LogP contribution in [-0.4, -0.2) is 22.9 Å². The van der Waals surface area contributed by atoms with E-state index in [1.165, 1.54) is 18.7 Å². The number of rotatable bonds is 3. The van der Waals surface area contributed by atoms with Crippen LogP contribution in [0.1, 0.15) is 38.4 Å². The normalized spacial score (nSPS) is 16.7. The molecule has 1 saturated heterocycles. The van der Waals surface area contributed by atoms with Gasteiger partial charge in [-0.15, -0.1) is 0 Å². The van der Waals surface area contributed by atoms with E-state index >= 15 is 0 Å². The van der Waals surface area contributed by atoms with Crippen molar-refractivity contribution in [3.8, 4) is 0 Å². The fraction of sp³-hybridized carbons (Fsp3) is 0.727. The predicted octanol–water partition coefficient (Wildman–Crippen LogP) is 1.52. The summed E-state index contributed by atoms with van der Waals surface area (Å²) in [5.74, 6) is 1.24. The van der Waals surface area contributed by atoms with E-state index in [1.807, 2.05) is 0 Å². The van der Waals surface area contributed by atoms with Crippen LogP contribution in [0.15, 0.2) is 6.07 Å². The number of hydrogen-bond acceptors (Lipinski definition) is 3. The molecule has 1 aliphatic heterocycles. The topological polar surface area (TPSA) is 47.1 Å². The number of hydrogen-bond donors (Lipinski definition) is 1. The highest BCUT2D eigenvalue weighted by atomic mass is 15.4. The van der Waals surface area contributed by atoms with Crippen LogP contribution < -0.4 is 10.6 Å². The zero-order valence-corrected chi connectivity index (χ0v) is 9.61. The molecule has 4 heteroatoms. The minimum Gasteiger partial charge on any atom is -0.357 e. The van der Waals surface area contributed by atoms with E-state index in [1.54, 1.807) is 0 Å². The molecule has 4 nitrogen and oxygen atoms in total. The SMILES string of the molecule is CC(C)n1nc(CN)cc1N1CCCC1. The minimum atomic E-state index is 0.404. The van der Waals surface area contributed by atoms with Crippen molar-refractivity contribution in [1.82, 2.24) is 9.78 Å². The van der Waals surface area contributed by atoms with Gasteiger partial charge in [0.05, 0.1) is 5.69 Å². The summed E-state index contributed by atoms with van der Waals surface area (Å²) in [6.45, 7) is 7.16. The molecule has 0 radical (unpaired) electrons. The second-order valence-corrected chi connectivity index (χ2v) is 4.43. The third-order valence-electron chi connectivity index (χ3n) is 2.89. The smallest absolute Gasteiger partial charge is 0.127 e. The van der Waals surface area contributed by atoms with Crippen molar-refractivity contribution in [3.63, 3.8) is 0 Å². The quantitative estimate of drug-likeness (QED) is 0.819.